The van der Waals surface area contributed by atoms with Crippen LogP contribution < -0.4 is 25.0 Å². The van der Waals surface area contributed by atoms with Crippen LogP contribution in [0.1, 0.15) is 30.9 Å². The first kappa shape index (κ1) is 21.8. The second-order valence-corrected chi connectivity index (χ2v) is 7.80. The average Bonchev–Trinajstić information content (AvgIpc) is 2.80. The molecular formula is C24H34N4O2. The van der Waals surface area contributed by atoms with Gasteiger partial charge in [-0.3, -0.25) is 4.99 Å². The molecule has 0 saturated carbocycles. The van der Waals surface area contributed by atoms with Crippen LogP contribution in [0.5, 0.6) is 11.5 Å². The summed E-state index contributed by atoms with van der Waals surface area (Å²) in [6.45, 7) is 6.03. The summed E-state index contributed by atoms with van der Waals surface area (Å²) in [4.78, 5) is 6.81. The van der Waals surface area contributed by atoms with E-state index in [2.05, 4.69) is 51.7 Å². The Labute approximate surface area is 180 Å². The molecule has 6 heteroatoms. The first-order valence-corrected chi connectivity index (χ1v) is 10.6. The Morgan fingerprint density at radius 3 is 2.13 bits per heavy atom. The van der Waals surface area contributed by atoms with Gasteiger partial charge in [0, 0.05) is 38.9 Å². The molecule has 0 atom stereocenters. The lowest BCUT2D eigenvalue weighted by molar-refractivity contribution is 0.354. The zero-order chi connectivity index (χ0) is 21.3. The van der Waals surface area contributed by atoms with Crippen molar-refractivity contribution in [3.8, 4) is 11.5 Å². The molecule has 0 bridgehead atoms. The second-order valence-electron chi connectivity index (χ2n) is 7.80. The molecule has 2 aromatic carbocycles. The van der Waals surface area contributed by atoms with E-state index >= 15 is 0 Å². The Hall–Kier alpha value is -2.89. The van der Waals surface area contributed by atoms with Crippen molar-refractivity contribution < 1.29 is 9.47 Å². The highest BCUT2D eigenvalue weighted by Crippen LogP contribution is 2.27. The van der Waals surface area contributed by atoms with E-state index in [4.69, 9.17) is 9.47 Å². The molecule has 162 valence electrons. The molecule has 0 aliphatic carbocycles. The Morgan fingerprint density at radius 2 is 1.53 bits per heavy atom. The van der Waals surface area contributed by atoms with Gasteiger partial charge in [0.05, 0.1) is 14.2 Å². The minimum atomic E-state index is 0.645. The number of hydrogen-bond donors (Lipinski definition) is 2. The fraction of sp³-hybridized carbons (Fsp3) is 0.458. The number of nitrogens with one attached hydrogen (secondary N) is 2. The van der Waals surface area contributed by atoms with Crippen molar-refractivity contribution >= 4 is 11.6 Å². The van der Waals surface area contributed by atoms with Crippen molar-refractivity contribution in [1.82, 2.24) is 10.6 Å². The van der Waals surface area contributed by atoms with Gasteiger partial charge in [-0.25, -0.2) is 0 Å². The molecule has 6 nitrogen and oxygen atoms in total. The van der Waals surface area contributed by atoms with Crippen molar-refractivity contribution in [2.75, 3.05) is 39.3 Å². The molecule has 0 amide bonds. The Balaban J connectivity index is 1.49. The summed E-state index contributed by atoms with van der Waals surface area (Å²) in [5.74, 6) is 3.07. The van der Waals surface area contributed by atoms with E-state index in [-0.39, 0.29) is 0 Å². The molecule has 1 saturated heterocycles. The lowest BCUT2D eigenvalue weighted by Gasteiger charge is -2.32. The number of rotatable bonds is 7. The number of ether oxygens (including phenoxy) is 2. The van der Waals surface area contributed by atoms with Gasteiger partial charge in [0.2, 0.25) is 0 Å². The summed E-state index contributed by atoms with van der Waals surface area (Å²) in [7, 11) is 5.07. The van der Waals surface area contributed by atoms with Crippen LogP contribution in [-0.4, -0.2) is 40.3 Å². The lowest BCUT2D eigenvalue weighted by Crippen LogP contribution is -2.36. The van der Waals surface area contributed by atoms with Gasteiger partial charge in [-0.2, -0.15) is 0 Å². The number of nitrogens with zero attached hydrogens (tertiary/aromatic N) is 2. The molecule has 2 N–H and O–H groups in total. The van der Waals surface area contributed by atoms with Crippen LogP contribution >= 0.6 is 0 Å². The van der Waals surface area contributed by atoms with Crippen molar-refractivity contribution in [1.29, 1.82) is 0 Å². The van der Waals surface area contributed by atoms with Crippen molar-refractivity contribution in [2.24, 2.45) is 10.9 Å². The molecule has 2 aromatic rings. The minimum absolute atomic E-state index is 0.645. The quantitative estimate of drug-likeness (QED) is 0.537. The molecule has 0 spiro atoms. The largest absolute Gasteiger partial charge is 0.493 e. The molecule has 1 fully saturated rings. The normalized spacial score (nSPS) is 15.1. The number of aliphatic imine (C=N–C) groups is 1. The van der Waals surface area contributed by atoms with Gasteiger partial charge in [0.15, 0.2) is 17.5 Å². The number of anilines is 1. The number of methoxy groups -OCH3 is 2. The molecule has 3 rings (SSSR count). The van der Waals surface area contributed by atoms with Crippen molar-refractivity contribution in [2.45, 2.75) is 32.9 Å². The van der Waals surface area contributed by atoms with Crippen molar-refractivity contribution in [3.05, 3.63) is 53.6 Å². The molecule has 1 heterocycles. The summed E-state index contributed by atoms with van der Waals surface area (Å²) in [5.41, 5.74) is 3.65. The monoisotopic (exact) mass is 410 g/mol. The Morgan fingerprint density at radius 1 is 0.933 bits per heavy atom. The van der Waals surface area contributed by atoms with Gasteiger partial charge in [-0.1, -0.05) is 25.1 Å². The SMILES string of the molecule is CN=C(NCc1ccc(N2CCC(C)CC2)cc1)NCc1ccc(OC)c(OC)c1. The summed E-state index contributed by atoms with van der Waals surface area (Å²) < 4.78 is 10.7. The fourth-order valence-electron chi connectivity index (χ4n) is 3.67. The molecule has 1 aliphatic heterocycles. The Bertz CT molecular complexity index is 828. The van der Waals surface area contributed by atoms with Crippen LogP contribution in [0.25, 0.3) is 0 Å². The van der Waals surface area contributed by atoms with Crippen LogP contribution in [0.4, 0.5) is 5.69 Å². The number of benzene rings is 2. The second kappa shape index (κ2) is 10.8. The van der Waals surface area contributed by atoms with E-state index in [1.165, 1.54) is 24.1 Å². The van der Waals surface area contributed by atoms with Crippen LogP contribution in [0, 0.1) is 5.92 Å². The van der Waals surface area contributed by atoms with Crippen LogP contribution in [0.3, 0.4) is 0 Å². The predicted molar refractivity (Wildman–Crippen MR) is 124 cm³/mol. The van der Waals surface area contributed by atoms with Crippen LogP contribution in [0.2, 0.25) is 0 Å². The topological polar surface area (TPSA) is 58.1 Å². The third-order valence-corrected chi connectivity index (χ3v) is 5.68. The smallest absolute Gasteiger partial charge is 0.191 e. The summed E-state index contributed by atoms with van der Waals surface area (Å²) in [5, 5.41) is 6.73. The molecule has 0 aromatic heterocycles. The van der Waals surface area contributed by atoms with E-state index in [0.717, 1.165) is 48.6 Å². The Kier molecular flexibility index (Phi) is 7.82. The van der Waals surface area contributed by atoms with Gasteiger partial charge in [-0.05, 0) is 54.2 Å². The first-order valence-electron chi connectivity index (χ1n) is 10.6. The number of hydrogen-bond acceptors (Lipinski definition) is 4. The summed E-state index contributed by atoms with van der Waals surface area (Å²) in [6, 6.07) is 14.8. The molecule has 0 radical (unpaired) electrons. The fourth-order valence-corrected chi connectivity index (χ4v) is 3.67. The molecule has 30 heavy (non-hydrogen) atoms. The van der Waals surface area contributed by atoms with Crippen LogP contribution in [-0.2, 0) is 13.1 Å². The molecular weight excluding hydrogens is 376 g/mol. The third-order valence-electron chi connectivity index (χ3n) is 5.68. The summed E-state index contributed by atoms with van der Waals surface area (Å²) >= 11 is 0. The maximum Gasteiger partial charge on any atom is 0.191 e. The maximum atomic E-state index is 5.37. The van der Waals surface area contributed by atoms with E-state index in [1.54, 1.807) is 21.3 Å². The third kappa shape index (κ3) is 5.81. The molecule has 1 aliphatic rings. The standard InChI is InChI=1S/C24H34N4O2/c1-18-11-13-28(14-12-18)21-8-5-19(6-9-21)16-26-24(25-2)27-17-20-7-10-22(29-3)23(15-20)30-4/h5-10,15,18H,11-14,16-17H2,1-4H3,(H2,25,26,27). The predicted octanol–water partition coefficient (Wildman–Crippen LogP) is 3.81. The van der Waals surface area contributed by atoms with E-state index in [0.29, 0.717) is 6.54 Å². The van der Waals surface area contributed by atoms with Gasteiger partial charge < -0.3 is 25.0 Å². The average molecular weight is 411 g/mol. The van der Waals surface area contributed by atoms with Gasteiger partial charge in [-0.15, -0.1) is 0 Å². The molecule has 0 unspecified atom stereocenters. The van der Waals surface area contributed by atoms with E-state index < -0.39 is 0 Å². The highest BCUT2D eigenvalue weighted by atomic mass is 16.5. The number of guanidine groups is 1. The van der Waals surface area contributed by atoms with Gasteiger partial charge >= 0.3 is 0 Å². The van der Waals surface area contributed by atoms with Gasteiger partial charge in [0.1, 0.15) is 0 Å². The zero-order valence-electron chi connectivity index (χ0n) is 18.6. The number of piperidine rings is 1. The first-order chi connectivity index (χ1) is 14.6. The van der Waals surface area contributed by atoms with E-state index in [1.807, 2.05) is 18.2 Å². The zero-order valence-corrected chi connectivity index (χ0v) is 18.6. The van der Waals surface area contributed by atoms with E-state index in [9.17, 15) is 0 Å². The van der Waals surface area contributed by atoms with Crippen LogP contribution in [0.15, 0.2) is 47.5 Å². The van der Waals surface area contributed by atoms with Gasteiger partial charge in [0.25, 0.3) is 0 Å². The van der Waals surface area contributed by atoms with Crippen molar-refractivity contribution in [3.63, 3.8) is 0 Å². The highest BCUT2D eigenvalue weighted by Gasteiger charge is 2.15. The highest BCUT2D eigenvalue weighted by molar-refractivity contribution is 5.79. The minimum Gasteiger partial charge on any atom is -0.493 e. The summed E-state index contributed by atoms with van der Waals surface area (Å²) in [6.07, 6.45) is 2.57. The lowest BCUT2D eigenvalue weighted by atomic mass is 9.99. The maximum absolute atomic E-state index is 5.37.